The van der Waals surface area contributed by atoms with Crippen LogP contribution in [-0.2, 0) is 16.6 Å². The number of nitrogens with zero attached hydrogens (tertiary/aromatic N) is 1. The molecule has 0 amide bonds. The highest BCUT2D eigenvalue weighted by Crippen LogP contribution is 2.33. The van der Waals surface area contributed by atoms with Crippen LogP contribution < -0.4 is 4.74 Å². The molecule has 7 heteroatoms. The highest BCUT2D eigenvalue weighted by atomic mass is 35.5. The van der Waals surface area contributed by atoms with Gasteiger partial charge in [0, 0.05) is 24.2 Å². The number of hydrogen-bond donors (Lipinski definition) is 1. The lowest BCUT2D eigenvalue weighted by molar-refractivity contribution is 0.272. The molecule has 21 heavy (non-hydrogen) atoms. The molecule has 0 atom stereocenters. The number of sulfonamides is 1. The van der Waals surface area contributed by atoms with Gasteiger partial charge in [-0.25, -0.2) is 12.7 Å². The molecular formula is C14H22ClNO4S. The zero-order valence-corrected chi connectivity index (χ0v) is 14.3. The lowest BCUT2D eigenvalue weighted by atomic mass is 10.1. The van der Waals surface area contributed by atoms with Gasteiger partial charge in [0.05, 0.1) is 13.7 Å². The van der Waals surface area contributed by atoms with Crippen molar-refractivity contribution in [1.82, 2.24) is 4.31 Å². The van der Waals surface area contributed by atoms with E-state index in [9.17, 15) is 13.5 Å². The Labute approximate surface area is 131 Å². The molecule has 0 aliphatic rings. The lowest BCUT2D eigenvalue weighted by Crippen LogP contribution is -2.29. The second-order valence-electron chi connectivity index (χ2n) is 5.26. The molecule has 0 saturated heterocycles. The largest absolute Gasteiger partial charge is 0.495 e. The fraction of sp³-hybridized carbons (Fsp3) is 0.571. The van der Waals surface area contributed by atoms with Gasteiger partial charge in [-0.05, 0) is 24.5 Å². The SMILES string of the molecule is COc1c(CO)cc(Cl)cc1S(=O)(=O)N(C)CCC(C)C. The number of aliphatic hydroxyl groups excluding tert-OH is 1. The van der Waals surface area contributed by atoms with Crippen LogP contribution in [0.5, 0.6) is 5.75 Å². The number of halogens is 1. The summed E-state index contributed by atoms with van der Waals surface area (Å²) in [5.74, 6) is 0.537. The summed E-state index contributed by atoms with van der Waals surface area (Å²) >= 11 is 5.95. The summed E-state index contributed by atoms with van der Waals surface area (Å²) in [6.07, 6.45) is 0.755. The van der Waals surface area contributed by atoms with E-state index in [1.165, 1.54) is 30.6 Å². The van der Waals surface area contributed by atoms with E-state index >= 15 is 0 Å². The minimum Gasteiger partial charge on any atom is -0.495 e. The summed E-state index contributed by atoms with van der Waals surface area (Å²) < 4.78 is 31.7. The highest BCUT2D eigenvalue weighted by Gasteiger charge is 2.27. The molecule has 0 unspecified atom stereocenters. The Kier molecular flexibility index (Phi) is 6.46. The normalized spacial score (nSPS) is 12.2. The molecular weight excluding hydrogens is 314 g/mol. The first-order valence-electron chi connectivity index (χ1n) is 6.67. The number of benzene rings is 1. The van der Waals surface area contributed by atoms with Crippen LogP contribution in [0.2, 0.25) is 5.02 Å². The predicted octanol–water partition coefficient (Wildman–Crippen LogP) is 2.51. The Morgan fingerprint density at radius 1 is 1.38 bits per heavy atom. The van der Waals surface area contributed by atoms with E-state index in [0.717, 1.165) is 6.42 Å². The fourth-order valence-electron chi connectivity index (χ4n) is 1.89. The standard InChI is InChI=1S/C14H22ClNO4S/c1-10(2)5-6-16(3)21(18,19)13-8-12(15)7-11(9-17)14(13)20-4/h7-8,10,17H,5-6,9H2,1-4H3. The van der Waals surface area contributed by atoms with Crippen LogP contribution in [-0.4, -0.2) is 38.5 Å². The van der Waals surface area contributed by atoms with E-state index < -0.39 is 10.0 Å². The maximum Gasteiger partial charge on any atom is 0.246 e. The fourth-order valence-corrected chi connectivity index (χ4v) is 3.60. The van der Waals surface area contributed by atoms with Crippen LogP contribution in [0.25, 0.3) is 0 Å². The zero-order chi connectivity index (χ0) is 16.2. The van der Waals surface area contributed by atoms with Crippen molar-refractivity contribution in [2.45, 2.75) is 31.8 Å². The van der Waals surface area contributed by atoms with Crippen molar-refractivity contribution in [1.29, 1.82) is 0 Å². The van der Waals surface area contributed by atoms with Crippen molar-refractivity contribution in [3.05, 3.63) is 22.7 Å². The first-order valence-corrected chi connectivity index (χ1v) is 8.49. The van der Waals surface area contributed by atoms with Crippen LogP contribution >= 0.6 is 11.6 Å². The van der Waals surface area contributed by atoms with E-state index in [0.29, 0.717) is 18.0 Å². The highest BCUT2D eigenvalue weighted by molar-refractivity contribution is 7.89. The predicted molar refractivity (Wildman–Crippen MR) is 83.2 cm³/mol. The van der Waals surface area contributed by atoms with Crippen molar-refractivity contribution >= 4 is 21.6 Å². The third kappa shape index (κ3) is 4.32. The smallest absolute Gasteiger partial charge is 0.246 e. The van der Waals surface area contributed by atoms with Gasteiger partial charge in [-0.15, -0.1) is 0 Å². The number of methoxy groups -OCH3 is 1. The Bertz CT molecular complexity index is 587. The minimum absolute atomic E-state index is 0.0205. The summed E-state index contributed by atoms with van der Waals surface area (Å²) in [6.45, 7) is 4.13. The first kappa shape index (κ1) is 18.2. The Morgan fingerprint density at radius 3 is 2.48 bits per heavy atom. The Balaban J connectivity index is 3.27. The molecule has 1 aromatic carbocycles. The van der Waals surface area contributed by atoms with Crippen LogP contribution in [0, 0.1) is 5.92 Å². The molecule has 0 spiro atoms. The third-order valence-corrected chi connectivity index (χ3v) is 5.26. The summed E-state index contributed by atoms with van der Waals surface area (Å²) in [6, 6.07) is 2.84. The quantitative estimate of drug-likeness (QED) is 0.831. The molecule has 0 aromatic heterocycles. The van der Waals surface area contributed by atoms with Crippen LogP contribution in [0.4, 0.5) is 0 Å². The van der Waals surface area contributed by atoms with E-state index in [4.69, 9.17) is 16.3 Å². The van der Waals surface area contributed by atoms with Gasteiger partial charge in [0.15, 0.2) is 0 Å². The van der Waals surface area contributed by atoms with E-state index in [-0.39, 0.29) is 22.3 Å². The molecule has 0 heterocycles. The van der Waals surface area contributed by atoms with Gasteiger partial charge in [0.2, 0.25) is 10.0 Å². The van der Waals surface area contributed by atoms with E-state index in [1.807, 2.05) is 13.8 Å². The molecule has 0 saturated carbocycles. The van der Waals surface area contributed by atoms with Gasteiger partial charge in [0.1, 0.15) is 10.6 Å². The molecule has 120 valence electrons. The summed E-state index contributed by atoms with van der Waals surface area (Å²) in [7, 11) is -0.825. The molecule has 1 N–H and O–H groups in total. The molecule has 0 aliphatic heterocycles. The van der Waals surface area contributed by atoms with Crippen LogP contribution in [0.1, 0.15) is 25.8 Å². The first-order chi connectivity index (χ1) is 9.73. The minimum atomic E-state index is -3.72. The lowest BCUT2D eigenvalue weighted by Gasteiger charge is -2.21. The van der Waals surface area contributed by atoms with Gasteiger partial charge < -0.3 is 9.84 Å². The van der Waals surface area contributed by atoms with Crippen LogP contribution in [0.3, 0.4) is 0 Å². The number of rotatable bonds is 7. The molecule has 1 aromatic rings. The summed E-state index contributed by atoms with van der Waals surface area (Å²) in [5, 5.41) is 9.58. The van der Waals surface area contributed by atoms with E-state index in [2.05, 4.69) is 0 Å². The summed E-state index contributed by atoms with van der Waals surface area (Å²) in [5.41, 5.74) is 0.348. The number of ether oxygens (including phenoxy) is 1. The van der Waals surface area contributed by atoms with Crippen molar-refractivity contribution in [2.75, 3.05) is 20.7 Å². The maximum absolute atomic E-state index is 12.7. The molecule has 0 fully saturated rings. The van der Waals surface area contributed by atoms with Gasteiger partial charge in [-0.2, -0.15) is 0 Å². The maximum atomic E-state index is 12.7. The van der Waals surface area contributed by atoms with Crippen molar-refractivity contribution in [2.24, 2.45) is 5.92 Å². The molecule has 0 bridgehead atoms. The topological polar surface area (TPSA) is 66.8 Å². The van der Waals surface area contributed by atoms with Gasteiger partial charge in [0.25, 0.3) is 0 Å². The third-order valence-electron chi connectivity index (χ3n) is 3.18. The summed E-state index contributed by atoms with van der Waals surface area (Å²) in [4.78, 5) is -0.0205. The van der Waals surface area contributed by atoms with Gasteiger partial charge in [-0.3, -0.25) is 0 Å². The van der Waals surface area contributed by atoms with Gasteiger partial charge >= 0.3 is 0 Å². The van der Waals surface area contributed by atoms with Gasteiger partial charge in [-0.1, -0.05) is 25.4 Å². The second-order valence-corrected chi connectivity index (χ2v) is 7.71. The molecule has 5 nitrogen and oxygen atoms in total. The van der Waals surface area contributed by atoms with Crippen molar-refractivity contribution in [3.63, 3.8) is 0 Å². The van der Waals surface area contributed by atoms with Crippen LogP contribution in [0.15, 0.2) is 17.0 Å². The number of aliphatic hydroxyl groups is 1. The average Bonchev–Trinajstić information content (AvgIpc) is 2.43. The monoisotopic (exact) mass is 335 g/mol. The van der Waals surface area contributed by atoms with E-state index in [1.54, 1.807) is 0 Å². The Morgan fingerprint density at radius 2 is 2.00 bits per heavy atom. The van der Waals surface area contributed by atoms with Crippen molar-refractivity contribution in [3.8, 4) is 5.75 Å². The Hall–Kier alpha value is -0.820. The second kappa shape index (κ2) is 7.45. The zero-order valence-electron chi connectivity index (χ0n) is 12.8. The molecule has 0 aliphatic carbocycles. The number of hydrogen-bond acceptors (Lipinski definition) is 4. The molecule has 1 rings (SSSR count). The average molecular weight is 336 g/mol. The molecule has 0 radical (unpaired) electrons. The van der Waals surface area contributed by atoms with Crippen molar-refractivity contribution < 1.29 is 18.3 Å².